The number of hydrogen-bond donors (Lipinski definition) is 2. The molecule has 2 aromatic heterocycles. The van der Waals surface area contributed by atoms with Gasteiger partial charge in [-0.2, -0.15) is 5.10 Å². The number of anilines is 2. The summed E-state index contributed by atoms with van der Waals surface area (Å²) in [5.41, 5.74) is 12.5. The molecule has 0 unspecified atom stereocenters. The van der Waals surface area contributed by atoms with Gasteiger partial charge in [0.15, 0.2) is 0 Å². The summed E-state index contributed by atoms with van der Waals surface area (Å²) in [6.45, 7) is 0. The Kier molecular flexibility index (Phi) is 3.68. The summed E-state index contributed by atoms with van der Waals surface area (Å²) in [5, 5.41) is 6.60. The van der Waals surface area contributed by atoms with Gasteiger partial charge in [-0.25, -0.2) is 9.97 Å². The van der Waals surface area contributed by atoms with Crippen molar-refractivity contribution in [3.63, 3.8) is 0 Å². The van der Waals surface area contributed by atoms with E-state index in [0.717, 1.165) is 22.3 Å². The van der Waals surface area contributed by atoms with Crippen LogP contribution in [-0.4, -0.2) is 20.7 Å². The minimum absolute atomic E-state index is 0.495. The Bertz CT molecular complexity index is 999. The summed E-state index contributed by atoms with van der Waals surface area (Å²) in [4.78, 5) is 8.49. The molecule has 0 radical (unpaired) electrons. The molecule has 0 bridgehead atoms. The van der Waals surface area contributed by atoms with Gasteiger partial charge in [-0.3, -0.25) is 9.99 Å². The van der Waals surface area contributed by atoms with Crippen molar-refractivity contribution in [2.24, 2.45) is 5.10 Å². The van der Waals surface area contributed by atoms with Crippen LogP contribution in [-0.2, 0) is 0 Å². The molecule has 2 heterocycles. The lowest BCUT2D eigenvalue weighted by atomic mass is 10.2. The van der Waals surface area contributed by atoms with Crippen LogP contribution in [0.25, 0.3) is 16.7 Å². The van der Waals surface area contributed by atoms with Crippen LogP contribution in [0.3, 0.4) is 0 Å². The molecule has 7 heteroatoms. The fraction of sp³-hybridized carbons (Fsp3) is 0. The van der Waals surface area contributed by atoms with E-state index < -0.39 is 0 Å². The Morgan fingerprint density at radius 3 is 2.75 bits per heavy atom. The Morgan fingerprint density at radius 2 is 1.96 bits per heavy atom. The number of hydrogen-bond acceptors (Lipinski definition) is 6. The summed E-state index contributed by atoms with van der Waals surface area (Å²) < 4.78 is 2.06. The molecule has 0 aliphatic rings. The Morgan fingerprint density at radius 1 is 1.12 bits per heavy atom. The van der Waals surface area contributed by atoms with E-state index in [1.54, 1.807) is 11.6 Å². The zero-order valence-electron chi connectivity index (χ0n) is 12.6. The lowest BCUT2D eigenvalue weighted by Crippen LogP contribution is -1.94. The summed E-state index contributed by atoms with van der Waals surface area (Å²) in [6.07, 6.45) is 3.58. The van der Waals surface area contributed by atoms with Crippen LogP contribution in [0, 0.1) is 0 Å². The van der Waals surface area contributed by atoms with Gasteiger partial charge >= 0.3 is 0 Å². The van der Waals surface area contributed by atoms with Crippen molar-refractivity contribution in [2.45, 2.75) is 0 Å². The first kappa shape index (κ1) is 14.4. The van der Waals surface area contributed by atoms with Gasteiger partial charge in [0.05, 0.1) is 17.2 Å². The lowest BCUT2D eigenvalue weighted by Gasteiger charge is -2.04. The fourth-order valence-electron chi connectivity index (χ4n) is 2.39. The van der Waals surface area contributed by atoms with Crippen LogP contribution in [0.4, 0.5) is 10.9 Å². The topological polar surface area (TPSA) is 81.1 Å². The van der Waals surface area contributed by atoms with Gasteiger partial charge in [0.2, 0.25) is 5.13 Å². The molecule has 0 aliphatic heterocycles. The highest BCUT2D eigenvalue weighted by Crippen LogP contribution is 2.18. The van der Waals surface area contributed by atoms with E-state index in [4.69, 9.17) is 5.73 Å². The largest absolute Gasteiger partial charge is 0.383 e. The number of nitrogen functional groups attached to an aromatic ring is 1. The van der Waals surface area contributed by atoms with Gasteiger partial charge in [-0.05, 0) is 29.8 Å². The minimum atomic E-state index is 0.495. The minimum Gasteiger partial charge on any atom is -0.383 e. The zero-order chi connectivity index (χ0) is 16.4. The second kappa shape index (κ2) is 6.13. The van der Waals surface area contributed by atoms with E-state index in [-0.39, 0.29) is 0 Å². The fourth-order valence-corrected chi connectivity index (χ4v) is 2.93. The number of rotatable bonds is 4. The maximum absolute atomic E-state index is 5.56. The van der Waals surface area contributed by atoms with Gasteiger partial charge < -0.3 is 5.73 Å². The number of nitrogens with two attached hydrogens (primary N) is 1. The van der Waals surface area contributed by atoms with Crippen LogP contribution in [0.15, 0.2) is 65.3 Å². The third-order valence-corrected chi connectivity index (χ3v) is 4.29. The van der Waals surface area contributed by atoms with Crippen molar-refractivity contribution in [1.29, 1.82) is 0 Å². The van der Waals surface area contributed by atoms with Crippen molar-refractivity contribution in [1.82, 2.24) is 14.5 Å². The summed E-state index contributed by atoms with van der Waals surface area (Å²) in [6, 6.07) is 16.1. The Balaban J connectivity index is 1.52. The van der Waals surface area contributed by atoms with Gasteiger partial charge in [0.25, 0.3) is 0 Å². The van der Waals surface area contributed by atoms with E-state index in [9.17, 15) is 0 Å². The molecule has 4 aromatic rings. The van der Waals surface area contributed by atoms with Crippen LogP contribution < -0.4 is 11.2 Å². The second-order valence-electron chi connectivity index (χ2n) is 5.14. The van der Waals surface area contributed by atoms with Gasteiger partial charge in [-0.1, -0.05) is 24.3 Å². The Hall–Kier alpha value is -3.19. The molecule has 2 aromatic carbocycles. The lowest BCUT2D eigenvalue weighted by molar-refractivity contribution is 1.09. The highest BCUT2D eigenvalue weighted by molar-refractivity contribution is 7.14. The van der Waals surface area contributed by atoms with E-state index in [2.05, 4.69) is 31.1 Å². The maximum Gasteiger partial charge on any atom is 0.205 e. The molecule has 0 fully saturated rings. The van der Waals surface area contributed by atoms with Crippen molar-refractivity contribution in [2.75, 3.05) is 11.2 Å². The molecular weight excluding hydrogens is 320 g/mol. The molecule has 0 aliphatic carbocycles. The third-order valence-electron chi connectivity index (χ3n) is 3.52. The number of thiazole rings is 1. The van der Waals surface area contributed by atoms with Crippen LogP contribution in [0.5, 0.6) is 0 Å². The predicted molar refractivity (Wildman–Crippen MR) is 98.8 cm³/mol. The van der Waals surface area contributed by atoms with E-state index in [0.29, 0.717) is 10.9 Å². The molecule has 0 atom stereocenters. The molecule has 118 valence electrons. The number of nitrogens with zero attached hydrogens (tertiary/aromatic N) is 4. The molecule has 0 saturated heterocycles. The van der Waals surface area contributed by atoms with Crippen LogP contribution in [0.1, 0.15) is 5.56 Å². The first-order valence-electron chi connectivity index (χ1n) is 7.32. The molecule has 0 saturated carbocycles. The van der Waals surface area contributed by atoms with E-state index in [1.165, 1.54) is 11.3 Å². The number of imidazole rings is 1. The predicted octanol–water partition coefficient (Wildman–Crippen LogP) is 3.51. The van der Waals surface area contributed by atoms with Crippen molar-refractivity contribution in [3.8, 4) is 5.69 Å². The van der Waals surface area contributed by atoms with Crippen molar-refractivity contribution < 1.29 is 0 Å². The number of nitrogens with one attached hydrogen (secondary N) is 1. The molecule has 4 rings (SSSR count). The van der Waals surface area contributed by atoms with Crippen LogP contribution in [0.2, 0.25) is 0 Å². The number of aromatic nitrogens is 3. The van der Waals surface area contributed by atoms with Crippen molar-refractivity contribution >= 4 is 39.5 Å². The average Bonchev–Trinajstić information content (AvgIpc) is 3.22. The standard InChI is InChI=1S/C17H14N6S/c18-16-10-24-17(21-16)22-20-9-12-5-7-13(8-6-12)23-11-19-14-3-1-2-4-15(14)23/h1-11H,18H2,(H,21,22). The smallest absolute Gasteiger partial charge is 0.205 e. The quantitative estimate of drug-likeness (QED) is 0.442. The molecule has 0 amide bonds. The first-order chi connectivity index (χ1) is 11.8. The summed E-state index contributed by atoms with van der Waals surface area (Å²) in [7, 11) is 0. The SMILES string of the molecule is Nc1csc(NN=Cc2ccc(-n3cnc4ccccc43)cc2)n1. The normalized spacial score (nSPS) is 11.3. The molecule has 24 heavy (non-hydrogen) atoms. The molecule has 6 nitrogen and oxygen atoms in total. The van der Waals surface area contributed by atoms with E-state index >= 15 is 0 Å². The zero-order valence-corrected chi connectivity index (χ0v) is 13.4. The van der Waals surface area contributed by atoms with Gasteiger partial charge in [0, 0.05) is 11.1 Å². The Labute approximate surface area is 142 Å². The maximum atomic E-state index is 5.56. The number of benzene rings is 2. The monoisotopic (exact) mass is 334 g/mol. The van der Waals surface area contributed by atoms with Crippen molar-refractivity contribution in [3.05, 3.63) is 65.8 Å². The molecular formula is C17H14N6S. The average molecular weight is 334 g/mol. The van der Waals surface area contributed by atoms with E-state index in [1.807, 2.05) is 48.8 Å². The van der Waals surface area contributed by atoms with Gasteiger partial charge in [0.1, 0.15) is 12.1 Å². The number of para-hydroxylation sites is 2. The highest BCUT2D eigenvalue weighted by Gasteiger charge is 2.03. The first-order valence-corrected chi connectivity index (χ1v) is 8.20. The third kappa shape index (κ3) is 2.84. The number of hydrazone groups is 1. The highest BCUT2D eigenvalue weighted by atomic mass is 32.1. The second-order valence-corrected chi connectivity index (χ2v) is 6.00. The molecule has 0 spiro atoms. The van der Waals surface area contributed by atoms with Gasteiger partial charge in [-0.15, -0.1) is 11.3 Å². The van der Waals surface area contributed by atoms with Crippen LogP contribution >= 0.6 is 11.3 Å². The summed E-state index contributed by atoms with van der Waals surface area (Å²) >= 11 is 1.42. The number of fused-ring (bicyclic) bond motifs is 1. The molecule has 3 N–H and O–H groups in total. The summed E-state index contributed by atoms with van der Waals surface area (Å²) in [5.74, 6) is 0.495.